The first-order chi connectivity index (χ1) is 9.31. The topological polar surface area (TPSA) is 75.6 Å². The summed E-state index contributed by atoms with van der Waals surface area (Å²) in [5.74, 6) is 0.449. The monoisotopic (exact) mass is 284 g/mol. The summed E-state index contributed by atoms with van der Waals surface area (Å²) < 4.78 is 0. The first-order valence-electron chi connectivity index (χ1n) is 7.77. The van der Waals surface area contributed by atoms with Gasteiger partial charge in [-0.2, -0.15) is 0 Å². The molecule has 1 heterocycles. The van der Waals surface area contributed by atoms with Crippen molar-refractivity contribution < 1.29 is 4.79 Å². The fourth-order valence-corrected chi connectivity index (χ4v) is 2.86. The van der Waals surface area contributed by atoms with Crippen molar-refractivity contribution in [1.29, 1.82) is 0 Å². The van der Waals surface area contributed by atoms with Crippen molar-refractivity contribution in [2.24, 2.45) is 17.4 Å². The molecule has 1 unspecified atom stereocenters. The molecule has 1 aliphatic heterocycles. The molecule has 0 spiro atoms. The number of primary amides is 1. The molecule has 0 aromatic heterocycles. The minimum Gasteiger partial charge on any atom is -0.368 e. The normalized spacial score (nSPS) is 21.1. The van der Waals surface area contributed by atoms with Crippen LogP contribution in [0.3, 0.4) is 0 Å². The lowest BCUT2D eigenvalue weighted by Crippen LogP contribution is -2.49. The van der Waals surface area contributed by atoms with E-state index in [4.69, 9.17) is 11.5 Å². The van der Waals surface area contributed by atoms with Gasteiger partial charge in [0.05, 0.1) is 5.54 Å². The van der Waals surface area contributed by atoms with E-state index in [0.717, 1.165) is 25.3 Å². The number of unbranched alkanes of at least 4 members (excludes halogenated alkanes) is 1. The number of nitrogens with zero attached hydrogens (tertiary/aromatic N) is 2. The van der Waals surface area contributed by atoms with Crippen molar-refractivity contribution in [2.75, 3.05) is 40.3 Å². The number of hydrogen-bond acceptors (Lipinski definition) is 4. The zero-order valence-electron chi connectivity index (χ0n) is 13.4. The molecule has 5 heteroatoms. The lowest BCUT2D eigenvalue weighted by Gasteiger charge is -2.33. The Morgan fingerprint density at radius 2 is 1.90 bits per heavy atom. The maximum atomic E-state index is 11.1. The predicted molar refractivity (Wildman–Crippen MR) is 83.4 cm³/mol. The molecule has 1 saturated heterocycles. The van der Waals surface area contributed by atoms with Gasteiger partial charge >= 0.3 is 0 Å². The van der Waals surface area contributed by atoms with Crippen molar-refractivity contribution in [3.8, 4) is 0 Å². The number of nitrogens with two attached hydrogens (primary N) is 2. The fraction of sp³-hybridized carbons (Fsp3) is 0.933. The molecule has 4 N–H and O–H groups in total. The van der Waals surface area contributed by atoms with Crippen molar-refractivity contribution in [3.05, 3.63) is 0 Å². The van der Waals surface area contributed by atoms with Gasteiger partial charge in [0.25, 0.3) is 0 Å². The summed E-state index contributed by atoms with van der Waals surface area (Å²) >= 11 is 0. The number of piperidine rings is 1. The second-order valence-corrected chi connectivity index (χ2v) is 6.79. The minimum absolute atomic E-state index is 0.401. The fourth-order valence-electron chi connectivity index (χ4n) is 2.86. The van der Waals surface area contributed by atoms with Crippen LogP contribution in [0.25, 0.3) is 0 Å². The molecule has 0 radical (unpaired) electrons. The van der Waals surface area contributed by atoms with E-state index >= 15 is 0 Å². The molecule has 0 saturated carbocycles. The highest BCUT2D eigenvalue weighted by Crippen LogP contribution is 2.18. The van der Waals surface area contributed by atoms with Gasteiger partial charge in [-0.05, 0) is 78.7 Å². The lowest BCUT2D eigenvalue weighted by molar-refractivity contribution is -0.122. The smallest absolute Gasteiger partial charge is 0.237 e. The van der Waals surface area contributed by atoms with Crippen LogP contribution < -0.4 is 11.5 Å². The van der Waals surface area contributed by atoms with Gasteiger partial charge in [-0.1, -0.05) is 0 Å². The largest absolute Gasteiger partial charge is 0.368 e. The minimum atomic E-state index is -0.849. The Hall–Kier alpha value is -0.650. The van der Waals surface area contributed by atoms with E-state index in [1.165, 1.54) is 32.5 Å². The SMILES string of the molecule is CN(C)CC1CCN(CCCCC(C)(N)C(N)=O)CC1. The average Bonchev–Trinajstić information content (AvgIpc) is 2.35. The van der Waals surface area contributed by atoms with Crippen LogP contribution in [0.2, 0.25) is 0 Å². The number of likely N-dealkylation sites (tertiary alicyclic amines) is 1. The summed E-state index contributed by atoms with van der Waals surface area (Å²) in [6.07, 6.45) is 5.34. The zero-order valence-corrected chi connectivity index (χ0v) is 13.4. The molecule has 1 aliphatic rings. The van der Waals surface area contributed by atoms with Crippen LogP contribution in [0.1, 0.15) is 39.0 Å². The van der Waals surface area contributed by atoms with Crippen LogP contribution in [0.4, 0.5) is 0 Å². The number of hydrogen-bond donors (Lipinski definition) is 2. The molecule has 0 aliphatic carbocycles. The predicted octanol–water partition coefficient (Wildman–Crippen LogP) is 0.633. The Kier molecular flexibility index (Phi) is 6.92. The highest BCUT2D eigenvalue weighted by atomic mass is 16.1. The summed E-state index contributed by atoms with van der Waals surface area (Å²) in [7, 11) is 4.30. The van der Waals surface area contributed by atoms with Crippen LogP contribution in [0, 0.1) is 5.92 Å². The molecule has 1 fully saturated rings. The molecular weight excluding hydrogens is 252 g/mol. The molecule has 118 valence electrons. The van der Waals surface area contributed by atoms with Crippen molar-refractivity contribution in [2.45, 2.75) is 44.6 Å². The molecule has 1 rings (SSSR count). The molecule has 1 amide bonds. The maximum Gasteiger partial charge on any atom is 0.237 e. The third-order valence-electron chi connectivity index (χ3n) is 4.31. The van der Waals surface area contributed by atoms with Gasteiger partial charge < -0.3 is 21.3 Å². The van der Waals surface area contributed by atoms with Gasteiger partial charge in [-0.25, -0.2) is 0 Å². The van der Waals surface area contributed by atoms with E-state index in [1.54, 1.807) is 6.92 Å². The Labute approximate surface area is 123 Å². The number of carbonyl (C=O) groups is 1. The third-order valence-corrected chi connectivity index (χ3v) is 4.31. The number of rotatable bonds is 8. The first-order valence-corrected chi connectivity index (χ1v) is 7.77. The van der Waals surface area contributed by atoms with E-state index in [1.807, 2.05) is 0 Å². The summed E-state index contributed by atoms with van der Waals surface area (Å²) in [5.41, 5.74) is 10.3. The molecule has 0 bridgehead atoms. The van der Waals surface area contributed by atoms with E-state index in [-0.39, 0.29) is 0 Å². The van der Waals surface area contributed by atoms with Gasteiger partial charge in [0, 0.05) is 6.54 Å². The van der Waals surface area contributed by atoms with Crippen LogP contribution in [-0.4, -0.2) is 61.5 Å². The van der Waals surface area contributed by atoms with E-state index in [2.05, 4.69) is 23.9 Å². The third kappa shape index (κ3) is 6.20. The highest BCUT2D eigenvalue weighted by Gasteiger charge is 2.25. The Morgan fingerprint density at radius 3 is 2.40 bits per heavy atom. The number of amides is 1. The molecule has 0 aromatic carbocycles. The quantitative estimate of drug-likeness (QED) is 0.641. The highest BCUT2D eigenvalue weighted by molar-refractivity contribution is 5.83. The van der Waals surface area contributed by atoms with E-state index in [9.17, 15) is 4.79 Å². The zero-order chi connectivity index (χ0) is 15.2. The van der Waals surface area contributed by atoms with Crippen LogP contribution in [0.5, 0.6) is 0 Å². The van der Waals surface area contributed by atoms with Crippen molar-refractivity contribution >= 4 is 5.91 Å². The van der Waals surface area contributed by atoms with Gasteiger partial charge in [-0.15, -0.1) is 0 Å². The van der Waals surface area contributed by atoms with Gasteiger partial charge in [-0.3, -0.25) is 4.79 Å². The van der Waals surface area contributed by atoms with Crippen LogP contribution in [0.15, 0.2) is 0 Å². The average molecular weight is 284 g/mol. The molecule has 0 aromatic rings. The van der Waals surface area contributed by atoms with Crippen molar-refractivity contribution in [1.82, 2.24) is 9.80 Å². The van der Waals surface area contributed by atoms with Gasteiger partial charge in [0.2, 0.25) is 5.91 Å². The molecule has 5 nitrogen and oxygen atoms in total. The Balaban J connectivity index is 2.11. The standard InChI is InChI=1S/C15H32N4O/c1-15(17,14(16)20)8-4-5-9-19-10-6-13(7-11-19)12-18(2)3/h13H,4-12,17H2,1-3H3,(H2,16,20). The summed E-state index contributed by atoms with van der Waals surface area (Å²) in [5, 5.41) is 0. The Bertz CT molecular complexity index is 296. The van der Waals surface area contributed by atoms with E-state index in [0.29, 0.717) is 6.42 Å². The number of carbonyl (C=O) groups excluding carboxylic acids is 1. The van der Waals surface area contributed by atoms with Crippen molar-refractivity contribution in [3.63, 3.8) is 0 Å². The maximum absolute atomic E-state index is 11.1. The van der Waals surface area contributed by atoms with E-state index < -0.39 is 11.4 Å². The molecule has 1 atom stereocenters. The van der Waals surface area contributed by atoms with Gasteiger partial charge in [0.1, 0.15) is 0 Å². The van der Waals surface area contributed by atoms with Crippen LogP contribution >= 0.6 is 0 Å². The Morgan fingerprint density at radius 1 is 1.30 bits per heavy atom. The summed E-state index contributed by atoms with van der Waals surface area (Å²) in [6.45, 7) is 6.45. The molecular formula is C15H32N4O. The summed E-state index contributed by atoms with van der Waals surface area (Å²) in [6, 6.07) is 0. The lowest BCUT2D eigenvalue weighted by atomic mass is 9.94. The van der Waals surface area contributed by atoms with Crippen LogP contribution in [-0.2, 0) is 4.79 Å². The second kappa shape index (κ2) is 7.96. The summed E-state index contributed by atoms with van der Waals surface area (Å²) in [4.78, 5) is 15.9. The second-order valence-electron chi connectivity index (χ2n) is 6.79. The molecule has 20 heavy (non-hydrogen) atoms. The first kappa shape index (κ1) is 17.4. The van der Waals surface area contributed by atoms with Gasteiger partial charge in [0.15, 0.2) is 0 Å².